The number of carboxylic acids is 1. The minimum absolute atomic E-state index is 0.0155. The molecule has 0 spiro atoms. The van der Waals surface area contributed by atoms with Gasteiger partial charge in [0, 0.05) is 11.5 Å². The second-order valence-electron chi connectivity index (χ2n) is 6.35. The van der Waals surface area contributed by atoms with E-state index in [0.29, 0.717) is 6.42 Å². The minimum atomic E-state index is -1.24. The van der Waals surface area contributed by atoms with Gasteiger partial charge in [-0.15, -0.1) is 0 Å². The maximum absolute atomic E-state index is 12.4. The predicted octanol–water partition coefficient (Wildman–Crippen LogP) is -1.03. The molecule has 9 nitrogen and oxygen atoms in total. The number of hydrogen-bond donors (Lipinski definition) is 7. The highest BCUT2D eigenvalue weighted by Crippen LogP contribution is 2.03. The summed E-state index contributed by atoms with van der Waals surface area (Å²) in [5.41, 5.74) is 6.78. The van der Waals surface area contributed by atoms with E-state index in [1.54, 1.807) is 0 Å². The van der Waals surface area contributed by atoms with Gasteiger partial charge in [-0.05, 0) is 18.9 Å². The van der Waals surface area contributed by atoms with E-state index in [1.807, 2.05) is 30.3 Å². The third kappa shape index (κ3) is 8.34. The third-order valence-corrected chi connectivity index (χ3v) is 4.73. The monoisotopic (exact) mass is 442 g/mol. The van der Waals surface area contributed by atoms with E-state index in [0.717, 1.165) is 5.56 Å². The molecule has 29 heavy (non-hydrogen) atoms. The molecule has 1 aromatic carbocycles. The average molecular weight is 443 g/mol. The molecular weight excluding hydrogens is 416 g/mol. The lowest BCUT2D eigenvalue weighted by Crippen LogP contribution is -2.57. The second-order valence-corrected chi connectivity index (χ2v) is 7.08. The van der Waals surface area contributed by atoms with Gasteiger partial charge in [0.05, 0.1) is 6.04 Å². The van der Waals surface area contributed by atoms with Crippen LogP contribution in [0.5, 0.6) is 0 Å². The molecule has 0 fully saturated rings. The van der Waals surface area contributed by atoms with E-state index < -0.39 is 47.9 Å². The maximum atomic E-state index is 12.4. The molecular formula is C18H26N4O5S2. The van der Waals surface area contributed by atoms with E-state index in [1.165, 1.54) is 6.92 Å². The summed E-state index contributed by atoms with van der Waals surface area (Å²) in [7, 11) is 0. The zero-order chi connectivity index (χ0) is 22.0. The molecule has 0 aliphatic carbocycles. The second kappa shape index (κ2) is 12.3. The van der Waals surface area contributed by atoms with Gasteiger partial charge in [0.2, 0.25) is 17.7 Å². The molecule has 0 aromatic heterocycles. The molecule has 3 amide bonds. The van der Waals surface area contributed by atoms with Gasteiger partial charge in [-0.3, -0.25) is 14.4 Å². The molecule has 0 bridgehead atoms. The normalized spacial score (nSPS) is 14.8. The van der Waals surface area contributed by atoms with Crippen molar-refractivity contribution in [2.24, 2.45) is 5.73 Å². The zero-order valence-electron chi connectivity index (χ0n) is 15.9. The van der Waals surface area contributed by atoms with Crippen molar-refractivity contribution in [3.8, 4) is 0 Å². The van der Waals surface area contributed by atoms with Gasteiger partial charge in [0.25, 0.3) is 0 Å². The molecule has 1 rings (SSSR count). The van der Waals surface area contributed by atoms with Crippen molar-refractivity contribution in [1.29, 1.82) is 0 Å². The lowest BCUT2D eigenvalue weighted by Gasteiger charge is -2.22. The number of rotatable bonds is 11. The van der Waals surface area contributed by atoms with Crippen LogP contribution in [-0.2, 0) is 25.6 Å². The van der Waals surface area contributed by atoms with Crippen LogP contribution in [0, 0.1) is 0 Å². The largest absolute Gasteiger partial charge is 0.480 e. The smallest absolute Gasteiger partial charge is 0.327 e. The van der Waals surface area contributed by atoms with Crippen LogP contribution in [0.3, 0.4) is 0 Å². The van der Waals surface area contributed by atoms with E-state index in [2.05, 4.69) is 41.2 Å². The lowest BCUT2D eigenvalue weighted by atomic mass is 10.1. The summed E-state index contributed by atoms with van der Waals surface area (Å²) < 4.78 is 0. The third-order valence-electron chi connectivity index (χ3n) is 4.00. The molecule has 1 aromatic rings. The molecule has 4 unspecified atom stereocenters. The molecule has 0 aliphatic heterocycles. The van der Waals surface area contributed by atoms with Crippen LogP contribution in [0.15, 0.2) is 30.3 Å². The highest BCUT2D eigenvalue weighted by atomic mass is 32.1. The van der Waals surface area contributed by atoms with E-state index in [-0.39, 0.29) is 11.5 Å². The van der Waals surface area contributed by atoms with Crippen molar-refractivity contribution in [2.75, 3.05) is 11.5 Å². The number of amides is 3. The zero-order valence-corrected chi connectivity index (χ0v) is 17.7. The summed E-state index contributed by atoms with van der Waals surface area (Å²) >= 11 is 7.92. The molecule has 0 aliphatic rings. The number of carbonyl (C=O) groups excluding carboxylic acids is 3. The Morgan fingerprint density at radius 3 is 2.00 bits per heavy atom. The molecule has 160 valence electrons. The van der Waals surface area contributed by atoms with Gasteiger partial charge >= 0.3 is 5.97 Å². The van der Waals surface area contributed by atoms with Crippen molar-refractivity contribution in [3.63, 3.8) is 0 Å². The maximum Gasteiger partial charge on any atom is 0.327 e. The quantitative estimate of drug-likeness (QED) is 0.218. The standard InChI is InChI=1S/C18H26N4O5S2/c1-10(15(23)22-14(9-29)18(26)27)20-17(25)13(8-28)21-16(24)12(19)7-11-5-3-2-4-6-11/h2-6,10,12-14,28-29H,7-9,19H2,1H3,(H,20,25)(H,21,24)(H,22,23)(H,26,27). The van der Waals surface area contributed by atoms with Crippen LogP contribution in [-0.4, -0.2) is 64.5 Å². The number of nitrogens with one attached hydrogen (secondary N) is 3. The molecule has 4 atom stereocenters. The molecule has 0 heterocycles. The van der Waals surface area contributed by atoms with Crippen molar-refractivity contribution in [1.82, 2.24) is 16.0 Å². The van der Waals surface area contributed by atoms with Gasteiger partial charge in [-0.2, -0.15) is 25.3 Å². The number of benzene rings is 1. The molecule has 0 radical (unpaired) electrons. The Bertz CT molecular complexity index is 719. The highest BCUT2D eigenvalue weighted by molar-refractivity contribution is 7.80. The van der Waals surface area contributed by atoms with Crippen molar-refractivity contribution >= 4 is 48.9 Å². The number of aliphatic carboxylic acids is 1. The Morgan fingerprint density at radius 1 is 0.931 bits per heavy atom. The van der Waals surface area contributed by atoms with Crippen LogP contribution >= 0.6 is 25.3 Å². The summed E-state index contributed by atoms with van der Waals surface area (Å²) in [6.45, 7) is 1.39. The first kappa shape index (κ1) is 24.8. The minimum Gasteiger partial charge on any atom is -0.480 e. The Labute approximate surface area is 180 Å². The van der Waals surface area contributed by atoms with E-state index in [9.17, 15) is 19.2 Å². The number of nitrogens with two attached hydrogens (primary N) is 1. The van der Waals surface area contributed by atoms with Gasteiger partial charge in [0.1, 0.15) is 18.1 Å². The van der Waals surface area contributed by atoms with E-state index >= 15 is 0 Å². The van der Waals surface area contributed by atoms with E-state index in [4.69, 9.17) is 10.8 Å². The first-order valence-electron chi connectivity index (χ1n) is 8.84. The molecule has 11 heteroatoms. The molecule has 6 N–H and O–H groups in total. The topological polar surface area (TPSA) is 151 Å². The Balaban J connectivity index is 2.60. The number of hydrogen-bond acceptors (Lipinski definition) is 7. The van der Waals surface area contributed by atoms with Crippen molar-refractivity contribution in [3.05, 3.63) is 35.9 Å². The van der Waals surface area contributed by atoms with Gasteiger partial charge in [-0.1, -0.05) is 30.3 Å². The first-order chi connectivity index (χ1) is 13.7. The number of thiol groups is 2. The summed E-state index contributed by atoms with van der Waals surface area (Å²) in [5.74, 6) is -3.21. The molecule has 0 saturated carbocycles. The number of carbonyl (C=O) groups is 4. The Morgan fingerprint density at radius 2 is 1.48 bits per heavy atom. The fourth-order valence-electron chi connectivity index (χ4n) is 2.30. The average Bonchev–Trinajstić information content (AvgIpc) is 2.69. The van der Waals surface area contributed by atoms with Crippen LogP contribution in [0.25, 0.3) is 0 Å². The van der Waals surface area contributed by atoms with Crippen molar-refractivity contribution < 1.29 is 24.3 Å². The van der Waals surface area contributed by atoms with Crippen LogP contribution < -0.4 is 21.7 Å². The van der Waals surface area contributed by atoms with Gasteiger partial charge in [0.15, 0.2) is 0 Å². The van der Waals surface area contributed by atoms with Crippen LogP contribution in [0.4, 0.5) is 0 Å². The van der Waals surface area contributed by atoms with Crippen LogP contribution in [0.2, 0.25) is 0 Å². The fourth-order valence-corrected chi connectivity index (χ4v) is 2.80. The summed E-state index contributed by atoms with van der Waals surface area (Å²) in [4.78, 5) is 47.7. The summed E-state index contributed by atoms with van der Waals surface area (Å²) in [6, 6.07) is 5.11. The lowest BCUT2D eigenvalue weighted by molar-refractivity contribution is -0.141. The SMILES string of the molecule is CC(NC(=O)C(CS)NC(=O)C(N)Cc1ccccc1)C(=O)NC(CS)C(=O)O. The van der Waals surface area contributed by atoms with Crippen LogP contribution in [0.1, 0.15) is 12.5 Å². The Hall–Kier alpha value is -2.24. The summed E-state index contributed by atoms with van der Waals surface area (Å²) in [5, 5.41) is 16.1. The van der Waals surface area contributed by atoms with Gasteiger partial charge in [-0.25, -0.2) is 4.79 Å². The fraction of sp³-hybridized carbons (Fsp3) is 0.444. The van der Waals surface area contributed by atoms with Crippen molar-refractivity contribution in [2.45, 2.75) is 37.5 Å². The highest BCUT2D eigenvalue weighted by Gasteiger charge is 2.27. The Kier molecular flexibility index (Phi) is 10.6. The number of carboxylic acid groups (broad SMARTS) is 1. The molecule has 0 saturated heterocycles. The van der Waals surface area contributed by atoms with Gasteiger partial charge < -0.3 is 26.8 Å². The first-order valence-corrected chi connectivity index (χ1v) is 10.1. The predicted molar refractivity (Wildman–Crippen MR) is 115 cm³/mol. The summed E-state index contributed by atoms with van der Waals surface area (Å²) in [6.07, 6.45) is 0.298.